The van der Waals surface area contributed by atoms with Crippen molar-refractivity contribution in [1.82, 2.24) is 4.90 Å². The number of Topliss-reactive ketones (excluding diaryl/α,β-unsaturated/α-hetero) is 1. The summed E-state index contributed by atoms with van der Waals surface area (Å²) in [5.41, 5.74) is 2.74. The van der Waals surface area contributed by atoms with Gasteiger partial charge < -0.3 is 24.4 Å². The van der Waals surface area contributed by atoms with E-state index in [2.05, 4.69) is 0 Å². The summed E-state index contributed by atoms with van der Waals surface area (Å²) >= 11 is 0. The summed E-state index contributed by atoms with van der Waals surface area (Å²) in [5.74, 6) is -0.333. The zero-order chi connectivity index (χ0) is 22.3. The van der Waals surface area contributed by atoms with Crippen LogP contribution in [0.15, 0.2) is 53.8 Å². The van der Waals surface area contributed by atoms with Gasteiger partial charge in [-0.2, -0.15) is 0 Å². The predicted octanol–water partition coefficient (Wildman–Crippen LogP) is 3.60. The van der Waals surface area contributed by atoms with Gasteiger partial charge in [-0.25, -0.2) is 0 Å². The third kappa shape index (κ3) is 3.71. The molecule has 31 heavy (non-hydrogen) atoms. The maximum Gasteiger partial charge on any atom is 0.290 e. The van der Waals surface area contributed by atoms with Crippen molar-refractivity contribution in [2.45, 2.75) is 26.4 Å². The third-order valence-electron chi connectivity index (χ3n) is 5.61. The van der Waals surface area contributed by atoms with Crippen molar-refractivity contribution in [3.8, 4) is 11.5 Å². The molecule has 0 spiro atoms. The molecule has 0 bridgehead atoms. The molecule has 1 amide bonds. The molecule has 4 rings (SSSR count). The summed E-state index contributed by atoms with van der Waals surface area (Å²) in [5, 5.41) is 10.7. The van der Waals surface area contributed by atoms with Gasteiger partial charge in [0.05, 0.1) is 11.6 Å². The van der Waals surface area contributed by atoms with Crippen LogP contribution in [0.4, 0.5) is 5.69 Å². The summed E-state index contributed by atoms with van der Waals surface area (Å²) < 4.78 is 10.8. The van der Waals surface area contributed by atoms with Crippen LogP contribution < -0.4 is 14.4 Å². The highest BCUT2D eigenvalue weighted by Gasteiger charge is 2.44. The van der Waals surface area contributed by atoms with Gasteiger partial charge in [0.2, 0.25) is 6.79 Å². The number of hydrogen-bond donors (Lipinski definition) is 1. The van der Waals surface area contributed by atoms with E-state index in [4.69, 9.17) is 9.47 Å². The molecule has 0 radical (unpaired) electrons. The van der Waals surface area contributed by atoms with Crippen LogP contribution in [-0.2, 0) is 16.1 Å². The number of carbonyl (C=O) groups excluding carboxylic acids is 2. The summed E-state index contributed by atoms with van der Waals surface area (Å²) in [6.07, 6.45) is 0. The first-order valence-corrected chi connectivity index (χ1v) is 10.2. The number of carbonyl (C=O) groups is 2. The standard InChI is InChI=1S/C24H26N2O5/c1-14(2)22(27)20-21(16-6-8-17(9-7-16)25(3)4)26(24(29)23(20)28)12-15-5-10-18-19(11-15)31-13-30-18/h5-11,14,21,28H,12-13H2,1-4H3. The lowest BCUT2D eigenvalue weighted by molar-refractivity contribution is -0.130. The first-order valence-electron chi connectivity index (χ1n) is 10.2. The number of benzene rings is 2. The van der Waals surface area contributed by atoms with Gasteiger partial charge in [0.1, 0.15) is 0 Å². The van der Waals surface area contributed by atoms with E-state index in [1.165, 1.54) is 4.90 Å². The molecule has 7 heteroatoms. The Labute approximate surface area is 181 Å². The molecule has 2 aliphatic heterocycles. The zero-order valence-corrected chi connectivity index (χ0v) is 18.1. The van der Waals surface area contributed by atoms with E-state index in [-0.39, 0.29) is 30.6 Å². The maximum absolute atomic E-state index is 13.0. The molecule has 2 heterocycles. The number of hydrogen-bond acceptors (Lipinski definition) is 6. The Morgan fingerprint density at radius 1 is 1.13 bits per heavy atom. The van der Waals surface area contributed by atoms with Crippen LogP contribution in [0.25, 0.3) is 0 Å². The van der Waals surface area contributed by atoms with Gasteiger partial charge in [0.25, 0.3) is 5.91 Å². The van der Waals surface area contributed by atoms with Crippen molar-refractivity contribution < 1.29 is 24.2 Å². The second-order valence-corrected chi connectivity index (χ2v) is 8.29. The minimum Gasteiger partial charge on any atom is -0.503 e. The number of fused-ring (bicyclic) bond motifs is 1. The highest BCUT2D eigenvalue weighted by atomic mass is 16.7. The summed E-state index contributed by atoms with van der Waals surface area (Å²) in [6, 6.07) is 12.5. The number of nitrogens with zero attached hydrogens (tertiary/aromatic N) is 2. The van der Waals surface area contributed by atoms with Crippen LogP contribution in [0.2, 0.25) is 0 Å². The van der Waals surface area contributed by atoms with Crippen molar-refractivity contribution in [1.29, 1.82) is 0 Å². The van der Waals surface area contributed by atoms with Gasteiger partial charge in [-0.15, -0.1) is 0 Å². The minimum absolute atomic E-state index is 0.151. The Balaban J connectivity index is 1.73. The lowest BCUT2D eigenvalue weighted by atomic mass is 9.91. The van der Waals surface area contributed by atoms with Crippen molar-refractivity contribution in [2.24, 2.45) is 5.92 Å². The molecule has 162 valence electrons. The molecule has 0 fully saturated rings. The normalized spacial score (nSPS) is 17.6. The fourth-order valence-electron chi connectivity index (χ4n) is 3.92. The first kappa shape index (κ1) is 20.8. The quantitative estimate of drug-likeness (QED) is 0.766. The van der Waals surface area contributed by atoms with Crippen molar-refractivity contribution in [3.63, 3.8) is 0 Å². The molecule has 0 aromatic heterocycles. The Morgan fingerprint density at radius 2 is 1.81 bits per heavy atom. The number of ether oxygens (including phenoxy) is 2. The van der Waals surface area contributed by atoms with Gasteiger partial charge >= 0.3 is 0 Å². The van der Waals surface area contributed by atoms with Crippen LogP contribution in [0.1, 0.15) is 31.0 Å². The average molecular weight is 422 g/mol. The molecule has 0 saturated carbocycles. The van der Waals surface area contributed by atoms with Gasteiger partial charge in [0, 0.05) is 32.2 Å². The third-order valence-corrected chi connectivity index (χ3v) is 5.61. The largest absolute Gasteiger partial charge is 0.503 e. The van der Waals surface area contributed by atoms with Crippen LogP contribution in [0.3, 0.4) is 0 Å². The van der Waals surface area contributed by atoms with E-state index in [0.29, 0.717) is 11.5 Å². The van der Waals surface area contributed by atoms with E-state index in [1.54, 1.807) is 19.9 Å². The number of amides is 1. The van der Waals surface area contributed by atoms with E-state index < -0.39 is 17.7 Å². The Morgan fingerprint density at radius 3 is 2.45 bits per heavy atom. The Bertz CT molecular complexity index is 1060. The van der Waals surface area contributed by atoms with Gasteiger partial charge in [-0.3, -0.25) is 9.59 Å². The van der Waals surface area contributed by atoms with Gasteiger partial charge in [-0.1, -0.05) is 32.0 Å². The summed E-state index contributed by atoms with van der Waals surface area (Å²) in [7, 11) is 3.89. The predicted molar refractivity (Wildman–Crippen MR) is 116 cm³/mol. The number of aliphatic hydroxyl groups excluding tert-OH is 1. The van der Waals surface area contributed by atoms with E-state index in [0.717, 1.165) is 16.8 Å². The first-order chi connectivity index (χ1) is 14.8. The highest BCUT2D eigenvalue weighted by Crippen LogP contribution is 2.41. The molecular weight excluding hydrogens is 396 g/mol. The molecule has 2 aliphatic rings. The SMILES string of the molecule is CC(C)C(=O)C1=C(O)C(=O)N(Cc2ccc3c(c2)OCO3)C1c1ccc(N(C)C)cc1. The molecule has 1 N–H and O–H groups in total. The number of aliphatic hydroxyl groups is 1. The van der Waals surface area contributed by atoms with E-state index in [1.807, 2.05) is 55.4 Å². The van der Waals surface area contributed by atoms with E-state index in [9.17, 15) is 14.7 Å². The Hall–Kier alpha value is -3.48. The maximum atomic E-state index is 13.0. The van der Waals surface area contributed by atoms with E-state index >= 15 is 0 Å². The smallest absolute Gasteiger partial charge is 0.290 e. The van der Waals surface area contributed by atoms with Crippen LogP contribution in [-0.4, -0.2) is 42.6 Å². The number of rotatable bonds is 6. The number of ketones is 1. The molecule has 0 aliphatic carbocycles. The molecule has 7 nitrogen and oxygen atoms in total. The molecule has 1 unspecified atom stereocenters. The van der Waals surface area contributed by atoms with Gasteiger partial charge in [-0.05, 0) is 35.4 Å². The van der Waals surface area contributed by atoms with Crippen molar-refractivity contribution in [2.75, 3.05) is 25.8 Å². The van der Waals surface area contributed by atoms with Crippen molar-refractivity contribution >= 4 is 17.4 Å². The fraction of sp³-hybridized carbons (Fsp3) is 0.333. The molecular formula is C24H26N2O5. The second-order valence-electron chi connectivity index (χ2n) is 8.29. The number of anilines is 1. The van der Waals surface area contributed by atoms with Crippen LogP contribution >= 0.6 is 0 Å². The Kier molecular flexibility index (Phi) is 5.35. The van der Waals surface area contributed by atoms with Crippen LogP contribution in [0.5, 0.6) is 11.5 Å². The molecule has 0 saturated heterocycles. The van der Waals surface area contributed by atoms with Crippen LogP contribution in [0, 0.1) is 5.92 Å². The fourth-order valence-corrected chi connectivity index (χ4v) is 3.92. The van der Waals surface area contributed by atoms with Gasteiger partial charge in [0.15, 0.2) is 23.0 Å². The molecule has 2 aromatic rings. The average Bonchev–Trinajstić information content (AvgIpc) is 3.31. The summed E-state index contributed by atoms with van der Waals surface area (Å²) in [6.45, 7) is 3.91. The topological polar surface area (TPSA) is 79.3 Å². The monoisotopic (exact) mass is 422 g/mol. The highest BCUT2D eigenvalue weighted by molar-refractivity contribution is 6.09. The zero-order valence-electron chi connectivity index (χ0n) is 18.1. The molecule has 1 atom stereocenters. The summed E-state index contributed by atoms with van der Waals surface area (Å²) in [4.78, 5) is 29.5. The minimum atomic E-state index is -0.663. The van der Waals surface area contributed by atoms with Crippen molar-refractivity contribution in [3.05, 3.63) is 64.9 Å². The molecule has 2 aromatic carbocycles. The second kappa shape index (κ2) is 7.98. The lowest BCUT2D eigenvalue weighted by Gasteiger charge is -2.28. The lowest BCUT2D eigenvalue weighted by Crippen LogP contribution is -2.31.